The van der Waals surface area contributed by atoms with E-state index in [9.17, 15) is 28.6 Å². The molecule has 0 aromatic rings. The molecule has 39 heavy (non-hydrogen) atoms. The largest absolute Gasteiger partial charge is 0.350 e. The number of amides is 4. The average Bonchev–Trinajstić information content (AvgIpc) is 2.89. The fourth-order valence-electron chi connectivity index (χ4n) is 4.41. The van der Waals surface area contributed by atoms with Crippen molar-refractivity contribution in [3.63, 3.8) is 0 Å². The van der Waals surface area contributed by atoms with E-state index in [0.29, 0.717) is 25.7 Å². The second kappa shape index (κ2) is 17.3. The molecule has 1 unspecified atom stereocenters. The maximum absolute atomic E-state index is 13.4. The Bertz CT molecular complexity index is 943. The van der Waals surface area contributed by atoms with Crippen molar-refractivity contribution in [3.8, 4) is 37.0 Å². The van der Waals surface area contributed by atoms with Gasteiger partial charge in [0.25, 0.3) is 0 Å². The fraction of sp³-hybridized carbons (Fsp3) is 0.630. The molecule has 0 heterocycles. The molecule has 1 rings (SSSR count). The first-order chi connectivity index (χ1) is 18.4. The fourth-order valence-corrected chi connectivity index (χ4v) is 5.17. The molecule has 12 heteroatoms. The summed E-state index contributed by atoms with van der Waals surface area (Å²) in [5, 5.41) is 10.8. The number of rotatable bonds is 16. The van der Waals surface area contributed by atoms with Crippen LogP contribution in [-0.4, -0.2) is 66.5 Å². The van der Waals surface area contributed by atoms with Gasteiger partial charge in [-0.3, -0.25) is 23.7 Å². The molecular weight excluding hydrogens is 523 g/mol. The normalized spacial score (nSPS) is 18.2. The number of carbonyl (C=O) groups is 4. The molecule has 0 radical (unpaired) electrons. The van der Waals surface area contributed by atoms with Crippen molar-refractivity contribution in [1.82, 2.24) is 21.3 Å². The summed E-state index contributed by atoms with van der Waals surface area (Å²) in [7, 11) is -3.64. The maximum Gasteiger partial charge on any atom is 0.325 e. The molecule has 1 atom stereocenters. The lowest BCUT2D eigenvalue weighted by Crippen LogP contribution is -2.52. The van der Waals surface area contributed by atoms with E-state index in [2.05, 4.69) is 39.0 Å². The van der Waals surface area contributed by atoms with Crippen LogP contribution in [0.25, 0.3) is 0 Å². The van der Waals surface area contributed by atoms with Crippen molar-refractivity contribution in [1.29, 1.82) is 0 Å². The molecule has 0 aromatic heterocycles. The third-order valence-corrected chi connectivity index (χ3v) is 7.12. The van der Waals surface area contributed by atoms with Gasteiger partial charge in [-0.15, -0.1) is 19.3 Å². The lowest BCUT2D eigenvalue weighted by Gasteiger charge is -2.37. The van der Waals surface area contributed by atoms with E-state index in [0.717, 1.165) is 6.66 Å². The molecule has 1 aliphatic rings. The number of hydrogen-bond donors (Lipinski definition) is 5. The predicted molar refractivity (Wildman–Crippen MR) is 147 cm³/mol. The quantitative estimate of drug-likeness (QED) is 0.137. The summed E-state index contributed by atoms with van der Waals surface area (Å²) in [6.07, 6.45) is 17.4. The van der Waals surface area contributed by atoms with Gasteiger partial charge in [0.1, 0.15) is 0 Å². The molecule has 11 nitrogen and oxygen atoms in total. The first kappa shape index (κ1) is 33.7. The van der Waals surface area contributed by atoms with Crippen LogP contribution in [0.2, 0.25) is 0 Å². The average molecular weight is 563 g/mol. The number of terminal acetylenes is 3. The van der Waals surface area contributed by atoms with Gasteiger partial charge in [0.15, 0.2) is 0 Å². The molecule has 1 aliphatic carbocycles. The Labute approximate surface area is 230 Å². The summed E-state index contributed by atoms with van der Waals surface area (Å²) in [5.74, 6) is 5.30. The molecule has 0 aromatic carbocycles. The van der Waals surface area contributed by atoms with E-state index in [1.54, 1.807) is 0 Å². The summed E-state index contributed by atoms with van der Waals surface area (Å²) >= 11 is 0. The van der Waals surface area contributed by atoms with Crippen molar-refractivity contribution >= 4 is 31.2 Å². The van der Waals surface area contributed by atoms with Crippen LogP contribution in [0.5, 0.6) is 0 Å². The summed E-state index contributed by atoms with van der Waals surface area (Å²) in [4.78, 5) is 60.0. The molecule has 0 aliphatic heterocycles. The van der Waals surface area contributed by atoms with Crippen molar-refractivity contribution in [2.45, 2.75) is 75.9 Å². The van der Waals surface area contributed by atoms with Crippen LogP contribution in [0.15, 0.2) is 0 Å². The summed E-state index contributed by atoms with van der Waals surface area (Å²) < 4.78 is 16.8. The van der Waals surface area contributed by atoms with Crippen LogP contribution in [0, 0.1) is 42.9 Å². The van der Waals surface area contributed by atoms with E-state index < -0.39 is 25.2 Å². The van der Waals surface area contributed by atoms with Gasteiger partial charge in [-0.1, -0.05) is 17.8 Å². The Morgan fingerprint density at radius 3 is 1.54 bits per heavy atom. The lowest BCUT2D eigenvalue weighted by molar-refractivity contribution is -0.131. The van der Waals surface area contributed by atoms with Crippen LogP contribution in [-0.2, 0) is 28.3 Å². The van der Waals surface area contributed by atoms with Gasteiger partial charge in [-0.2, -0.15) is 0 Å². The van der Waals surface area contributed by atoms with Gasteiger partial charge in [0.2, 0.25) is 23.6 Å². The molecule has 5 N–H and O–H groups in total. The van der Waals surface area contributed by atoms with Gasteiger partial charge in [0, 0.05) is 37.4 Å². The topological polar surface area (TPSA) is 163 Å². The van der Waals surface area contributed by atoms with Gasteiger partial charge in [0.05, 0.1) is 25.7 Å². The van der Waals surface area contributed by atoms with Gasteiger partial charge in [-0.25, -0.2) is 0 Å². The van der Waals surface area contributed by atoms with Gasteiger partial charge >= 0.3 is 7.60 Å². The monoisotopic (exact) mass is 562 g/mol. The van der Waals surface area contributed by atoms with E-state index in [-0.39, 0.29) is 81.8 Å². The number of nitrogens with one attached hydrogen (secondary N) is 4. The van der Waals surface area contributed by atoms with E-state index >= 15 is 0 Å². The highest BCUT2D eigenvalue weighted by molar-refractivity contribution is 7.51. The Morgan fingerprint density at radius 2 is 1.21 bits per heavy atom. The molecular formula is C27H39N4O7P. The molecule has 0 bridgehead atoms. The van der Waals surface area contributed by atoms with Crippen molar-refractivity contribution in [2.75, 3.05) is 26.3 Å². The molecule has 214 valence electrons. The second-order valence-corrected chi connectivity index (χ2v) is 11.4. The van der Waals surface area contributed by atoms with Crippen molar-refractivity contribution in [3.05, 3.63) is 0 Å². The first-order valence-electron chi connectivity index (χ1n) is 12.8. The third kappa shape index (κ3) is 14.4. The first-order valence-corrected chi connectivity index (χ1v) is 14.9. The second-order valence-electron chi connectivity index (χ2n) is 9.59. The third-order valence-electron chi connectivity index (χ3n) is 6.43. The van der Waals surface area contributed by atoms with Crippen molar-refractivity contribution < 1.29 is 33.2 Å². The SMILES string of the molecule is C#CCNC(=O)CCC(CCC(=O)NCC#C)(CCC(=O)NCC#C)NC(=O)C1CCC(OP(C)(=O)O)CC1. The van der Waals surface area contributed by atoms with Crippen molar-refractivity contribution in [2.24, 2.45) is 5.92 Å². The lowest BCUT2D eigenvalue weighted by atomic mass is 9.81. The zero-order valence-corrected chi connectivity index (χ0v) is 23.3. The minimum Gasteiger partial charge on any atom is -0.350 e. The van der Waals surface area contributed by atoms with E-state index in [1.807, 2.05) is 0 Å². The van der Waals surface area contributed by atoms with E-state index in [4.69, 9.17) is 23.8 Å². The van der Waals surface area contributed by atoms with Crippen LogP contribution >= 0.6 is 7.60 Å². The Balaban J connectivity index is 3.09. The number of hydrogen-bond acceptors (Lipinski definition) is 6. The van der Waals surface area contributed by atoms with E-state index in [1.165, 1.54) is 0 Å². The van der Waals surface area contributed by atoms with Crippen LogP contribution in [0.4, 0.5) is 0 Å². The molecule has 0 saturated heterocycles. The summed E-state index contributed by atoms with van der Waals surface area (Å²) in [5.41, 5.74) is -1.07. The Hall–Kier alpha value is -3.29. The molecule has 4 amide bonds. The van der Waals surface area contributed by atoms with Crippen LogP contribution < -0.4 is 21.3 Å². The highest BCUT2D eigenvalue weighted by Crippen LogP contribution is 2.42. The number of carbonyl (C=O) groups excluding carboxylic acids is 4. The molecule has 0 spiro atoms. The minimum absolute atomic E-state index is 0.00275. The summed E-state index contributed by atoms with van der Waals surface area (Å²) in [6.45, 7) is 1.26. The maximum atomic E-state index is 13.4. The predicted octanol–water partition coefficient (Wildman–Crippen LogP) is 0.821. The summed E-state index contributed by atoms with van der Waals surface area (Å²) in [6, 6.07) is 0. The van der Waals surface area contributed by atoms with Gasteiger partial charge < -0.3 is 30.7 Å². The highest BCUT2D eigenvalue weighted by Gasteiger charge is 2.37. The van der Waals surface area contributed by atoms with Crippen LogP contribution in [0.1, 0.15) is 64.2 Å². The molecule has 1 fully saturated rings. The smallest absolute Gasteiger partial charge is 0.325 e. The van der Waals surface area contributed by atoms with Gasteiger partial charge in [-0.05, 0) is 44.9 Å². The Morgan fingerprint density at radius 1 is 0.821 bits per heavy atom. The standard InChI is InChI=1S/C27H39N4O7P/c1-5-18-28-23(32)12-15-27(16-13-24(33)29-19-6-2,17-14-25(34)30-20-7-3)31-26(35)21-8-10-22(11-9-21)38-39(4,36)37/h1-3,21-22H,8-20H2,4H3,(H,28,32)(H,29,33)(H,30,34)(H,31,35)(H,36,37). The van der Waals surface area contributed by atoms with Crippen LogP contribution in [0.3, 0.4) is 0 Å². The zero-order chi connectivity index (χ0) is 29.3. The molecule has 1 saturated carbocycles. The highest BCUT2D eigenvalue weighted by atomic mass is 31.2. The Kier molecular flexibility index (Phi) is 15.0. The minimum atomic E-state index is -3.64. The zero-order valence-electron chi connectivity index (χ0n) is 22.4.